The van der Waals surface area contributed by atoms with Crippen molar-refractivity contribution in [3.63, 3.8) is 0 Å². The number of sulfonamides is 2. The lowest BCUT2D eigenvalue weighted by Gasteiger charge is -2.09. The predicted molar refractivity (Wildman–Crippen MR) is 94.4 cm³/mol. The lowest BCUT2D eigenvalue weighted by Crippen LogP contribution is -2.31. The summed E-state index contributed by atoms with van der Waals surface area (Å²) in [6.07, 6.45) is 0. The van der Waals surface area contributed by atoms with Gasteiger partial charge in [-0.15, -0.1) is 0 Å². The molecule has 0 saturated carbocycles. The van der Waals surface area contributed by atoms with E-state index in [1.54, 1.807) is 19.1 Å². The first-order chi connectivity index (χ1) is 11.6. The Balaban J connectivity index is 1.95. The number of nitrogens with one attached hydrogen (secondary N) is 2. The zero-order valence-electron chi connectivity index (χ0n) is 14.2. The van der Waals surface area contributed by atoms with Crippen molar-refractivity contribution in [2.75, 3.05) is 17.0 Å². The summed E-state index contributed by atoms with van der Waals surface area (Å²) in [6, 6.07) is 7.91. The van der Waals surface area contributed by atoms with Crippen LogP contribution in [0.3, 0.4) is 0 Å². The number of rotatable bonds is 8. The van der Waals surface area contributed by atoms with Crippen molar-refractivity contribution >= 4 is 25.9 Å². The molecule has 1 aromatic heterocycles. The number of hydrogen-bond acceptors (Lipinski definition) is 6. The average molecular weight is 387 g/mol. The smallest absolute Gasteiger partial charge is 0.240 e. The van der Waals surface area contributed by atoms with Gasteiger partial charge < -0.3 is 4.52 Å². The van der Waals surface area contributed by atoms with Gasteiger partial charge in [0.25, 0.3) is 0 Å². The maximum atomic E-state index is 12.2. The summed E-state index contributed by atoms with van der Waals surface area (Å²) < 4.78 is 57.5. The van der Waals surface area contributed by atoms with Crippen LogP contribution in [0.4, 0.5) is 5.82 Å². The Bertz CT molecular complexity index is 916. The maximum Gasteiger partial charge on any atom is 0.240 e. The number of aromatic nitrogens is 1. The topological polar surface area (TPSA) is 118 Å². The molecule has 0 amide bonds. The molecule has 10 heteroatoms. The highest BCUT2D eigenvalue weighted by molar-refractivity contribution is 7.92. The van der Waals surface area contributed by atoms with Gasteiger partial charge in [0.2, 0.25) is 20.0 Å². The first kappa shape index (κ1) is 19.4. The van der Waals surface area contributed by atoms with E-state index in [1.165, 1.54) is 18.2 Å². The van der Waals surface area contributed by atoms with Gasteiger partial charge in [-0.2, -0.15) is 0 Å². The average Bonchev–Trinajstić information content (AvgIpc) is 2.91. The molecular weight excluding hydrogens is 366 g/mol. The lowest BCUT2D eigenvalue weighted by atomic mass is 10.0. The third-order valence-electron chi connectivity index (χ3n) is 3.41. The van der Waals surface area contributed by atoms with Gasteiger partial charge in [0.15, 0.2) is 5.82 Å². The van der Waals surface area contributed by atoms with Crippen LogP contribution in [-0.4, -0.2) is 34.3 Å². The molecule has 0 aliphatic heterocycles. The Labute approximate surface area is 147 Å². The molecule has 0 aliphatic rings. The van der Waals surface area contributed by atoms with Gasteiger partial charge >= 0.3 is 0 Å². The highest BCUT2D eigenvalue weighted by Crippen LogP contribution is 2.17. The summed E-state index contributed by atoms with van der Waals surface area (Å²) in [5.74, 6) is 0.386. The lowest BCUT2D eigenvalue weighted by molar-refractivity contribution is 0.400. The number of aryl methyl sites for hydroxylation is 1. The van der Waals surface area contributed by atoms with Crippen LogP contribution >= 0.6 is 0 Å². The van der Waals surface area contributed by atoms with Crippen molar-refractivity contribution in [1.29, 1.82) is 0 Å². The first-order valence-electron chi connectivity index (χ1n) is 7.62. The molecule has 0 radical (unpaired) electrons. The molecule has 25 heavy (non-hydrogen) atoms. The quantitative estimate of drug-likeness (QED) is 0.713. The highest BCUT2D eigenvalue weighted by Gasteiger charge is 2.17. The number of benzene rings is 1. The molecule has 0 fully saturated rings. The SMILES string of the molecule is Cc1cc(NS(=O)(=O)CCNS(=O)(=O)c2ccc(C(C)C)cc2)no1. The third-order valence-corrected chi connectivity index (χ3v) is 6.15. The van der Waals surface area contributed by atoms with Crippen molar-refractivity contribution in [3.05, 3.63) is 41.7 Å². The molecule has 0 bridgehead atoms. The number of nitrogens with zero attached hydrogens (tertiary/aromatic N) is 1. The van der Waals surface area contributed by atoms with Crippen molar-refractivity contribution in [2.24, 2.45) is 0 Å². The van der Waals surface area contributed by atoms with E-state index in [0.717, 1.165) is 5.56 Å². The normalized spacial score (nSPS) is 12.5. The van der Waals surface area contributed by atoms with Gasteiger partial charge in [-0.3, -0.25) is 4.72 Å². The second-order valence-electron chi connectivity index (χ2n) is 5.87. The van der Waals surface area contributed by atoms with Crippen molar-refractivity contribution in [2.45, 2.75) is 31.6 Å². The van der Waals surface area contributed by atoms with Crippen LogP contribution in [-0.2, 0) is 20.0 Å². The minimum Gasteiger partial charge on any atom is -0.360 e. The van der Waals surface area contributed by atoms with Gasteiger partial charge in [-0.05, 0) is 30.5 Å². The highest BCUT2D eigenvalue weighted by atomic mass is 32.2. The Morgan fingerprint density at radius 3 is 2.28 bits per heavy atom. The Hall–Kier alpha value is -1.91. The van der Waals surface area contributed by atoms with Gasteiger partial charge in [0.1, 0.15) is 5.76 Å². The fraction of sp³-hybridized carbons (Fsp3) is 0.400. The van der Waals surface area contributed by atoms with Crippen LogP contribution in [0.25, 0.3) is 0 Å². The zero-order valence-corrected chi connectivity index (χ0v) is 15.8. The van der Waals surface area contributed by atoms with E-state index in [0.29, 0.717) is 11.7 Å². The number of anilines is 1. The third kappa shape index (κ3) is 5.55. The van der Waals surface area contributed by atoms with E-state index < -0.39 is 25.8 Å². The fourth-order valence-electron chi connectivity index (χ4n) is 2.05. The summed E-state index contributed by atoms with van der Waals surface area (Å²) in [5, 5.41) is 3.52. The first-order valence-corrected chi connectivity index (χ1v) is 10.8. The number of hydrogen-bond donors (Lipinski definition) is 2. The van der Waals surface area contributed by atoms with Crippen molar-refractivity contribution < 1.29 is 21.4 Å². The summed E-state index contributed by atoms with van der Waals surface area (Å²) in [6.45, 7) is 5.38. The second kappa shape index (κ2) is 7.54. The molecule has 0 unspecified atom stereocenters. The van der Waals surface area contributed by atoms with Crippen molar-refractivity contribution in [3.8, 4) is 0 Å². The molecule has 0 atom stereocenters. The van der Waals surface area contributed by atoms with E-state index >= 15 is 0 Å². The Morgan fingerprint density at radius 2 is 1.76 bits per heavy atom. The summed E-state index contributed by atoms with van der Waals surface area (Å²) in [5.41, 5.74) is 1.02. The molecular formula is C15H21N3O5S2. The van der Waals surface area contributed by atoms with Crippen LogP contribution in [0.1, 0.15) is 31.1 Å². The summed E-state index contributed by atoms with van der Waals surface area (Å²) in [4.78, 5) is 0.0920. The van der Waals surface area contributed by atoms with E-state index in [1.807, 2.05) is 13.8 Å². The molecule has 0 saturated heterocycles. The van der Waals surface area contributed by atoms with Crippen LogP contribution < -0.4 is 9.44 Å². The summed E-state index contributed by atoms with van der Waals surface area (Å²) >= 11 is 0. The fourth-order valence-corrected chi connectivity index (χ4v) is 4.10. The van der Waals surface area contributed by atoms with E-state index in [9.17, 15) is 16.8 Å². The minimum atomic E-state index is -3.77. The molecule has 2 aromatic rings. The molecule has 2 N–H and O–H groups in total. The van der Waals surface area contributed by atoms with Gasteiger partial charge in [0, 0.05) is 12.6 Å². The van der Waals surface area contributed by atoms with Gasteiger partial charge in [0.05, 0.1) is 10.6 Å². The predicted octanol–water partition coefficient (Wildman–Crippen LogP) is 1.83. The molecule has 0 aliphatic carbocycles. The van der Waals surface area contributed by atoms with Crippen LogP contribution in [0.15, 0.2) is 39.8 Å². The molecule has 138 valence electrons. The second-order valence-corrected chi connectivity index (χ2v) is 9.47. The van der Waals surface area contributed by atoms with E-state index in [2.05, 4.69) is 14.6 Å². The molecule has 8 nitrogen and oxygen atoms in total. The van der Waals surface area contributed by atoms with E-state index in [4.69, 9.17) is 4.52 Å². The maximum absolute atomic E-state index is 12.2. The van der Waals surface area contributed by atoms with Crippen molar-refractivity contribution in [1.82, 2.24) is 9.88 Å². The zero-order chi connectivity index (χ0) is 18.7. The van der Waals surface area contributed by atoms with E-state index in [-0.39, 0.29) is 17.3 Å². The largest absolute Gasteiger partial charge is 0.360 e. The van der Waals surface area contributed by atoms with Gasteiger partial charge in [-0.1, -0.05) is 31.1 Å². The monoisotopic (exact) mass is 387 g/mol. The van der Waals surface area contributed by atoms with Crippen LogP contribution in [0.2, 0.25) is 0 Å². The Kier molecular flexibility index (Phi) is 5.86. The molecule has 0 spiro atoms. The standard InChI is InChI=1S/C15H21N3O5S2/c1-11(2)13-4-6-14(7-5-13)25(21,22)16-8-9-24(19,20)18-15-10-12(3)23-17-15/h4-7,10-11,16H,8-9H2,1-3H3,(H,17,18). The Morgan fingerprint density at radius 1 is 1.12 bits per heavy atom. The molecule has 1 heterocycles. The minimum absolute atomic E-state index is 0.0598. The van der Waals surface area contributed by atoms with Crippen LogP contribution in [0.5, 0.6) is 0 Å². The van der Waals surface area contributed by atoms with Gasteiger partial charge in [-0.25, -0.2) is 21.6 Å². The molecule has 1 aromatic carbocycles. The van der Waals surface area contributed by atoms with Crippen LogP contribution in [0, 0.1) is 6.92 Å². The molecule has 2 rings (SSSR count). The summed E-state index contributed by atoms with van der Waals surface area (Å²) in [7, 11) is -7.51.